The highest BCUT2D eigenvalue weighted by Gasteiger charge is 2.25. The van der Waals surface area contributed by atoms with Gasteiger partial charge in [0.25, 0.3) is 11.1 Å². The van der Waals surface area contributed by atoms with Crippen LogP contribution in [0.2, 0.25) is 0 Å². The van der Waals surface area contributed by atoms with Crippen LogP contribution in [0, 0.1) is 5.92 Å². The molecule has 1 saturated heterocycles. The molecule has 2 amide bonds. The Morgan fingerprint density at radius 3 is 2.76 bits per heavy atom. The summed E-state index contributed by atoms with van der Waals surface area (Å²) in [6.45, 7) is 0.856. The van der Waals surface area contributed by atoms with Gasteiger partial charge in [0.1, 0.15) is 5.82 Å². The fraction of sp³-hybridized carbons (Fsp3) is 0.308. The molecule has 0 unspecified atom stereocenters. The number of hydrogen-bond donors (Lipinski definition) is 2. The molecule has 2 fully saturated rings. The second kappa shape index (κ2) is 10.4. The van der Waals surface area contributed by atoms with Crippen molar-refractivity contribution in [3.05, 3.63) is 77.1 Å². The van der Waals surface area contributed by atoms with Gasteiger partial charge in [-0.25, -0.2) is 9.97 Å². The number of aromatic nitrogens is 2. The first kappa shape index (κ1) is 22.6. The summed E-state index contributed by atoms with van der Waals surface area (Å²) in [6.07, 6.45) is 12.2. The number of carbonyl (C=O) groups excluding carboxylic acids is 2. The summed E-state index contributed by atoms with van der Waals surface area (Å²) < 4.78 is 5.20. The maximum absolute atomic E-state index is 11.8. The van der Waals surface area contributed by atoms with Crippen LogP contribution in [0.5, 0.6) is 0 Å². The maximum Gasteiger partial charge on any atom is 0.290 e. The Bertz CT molecular complexity index is 1200. The van der Waals surface area contributed by atoms with Gasteiger partial charge in [0.15, 0.2) is 0 Å². The van der Waals surface area contributed by atoms with Gasteiger partial charge in [0.2, 0.25) is 0 Å². The van der Waals surface area contributed by atoms with Crippen LogP contribution in [0.1, 0.15) is 42.8 Å². The first-order valence-electron chi connectivity index (χ1n) is 11.5. The molecule has 1 aromatic carbocycles. The molecule has 34 heavy (non-hydrogen) atoms. The lowest BCUT2D eigenvalue weighted by Crippen LogP contribution is -2.33. The molecule has 0 spiro atoms. The molecule has 2 aromatic heterocycles. The largest absolute Gasteiger partial charge is 0.472 e. The van der Waals surface area contributed by atoms with E-state index in [1.807, 2.05) is 6.07 Å². The Morgan fingerprint density at radius 2 is 2.00 bits per heavy atom. The molecule has 7 nitrogen and oxygen atoms in total. The van der Waals surface area contributed by atoms with Gasteiger partial charge in [-0.1, -0.05) is 18.2 Å². The first-order valence-corrected chi connectivity index (χ1v) is 12.4. The van der Waals surface area contributed by atoms with Gasteiger partial charge in [-0.05, 0) is 78.8 Å². The molecule has 3 heterocycles. The van der Waals surface area contributed by atoms with Crippen molar-refractivity contribution < 1.29 is 14.0 Å². The van der Waals surface area contributed by atoms with Gasteiger partial charge in [-0.3, -0.25) is 14.9 Å². The van der Waals surface area contributed by atoms with Crippen molar-refractivity contribution in [1.29, 1.82) is 0 Å². The summed E-state index contributed by atoms with van der Waals surface area (Å²) in [5, 5.41) is 5.64. The van der Waals surface area contributed by atoms with Gasteiger partial charge in [-0.15, -0.1) is 0 Å². The number of rotatable bonds is 7. The van der Waals surface area contributed by atoms with Crippen LogP contribution in [0.3, 0.4) is 0 Å². The lowest BCUT2D eigenvalue weighted by molar-refractivity contribution is -0.115. The average molecular weight is 475 g/mol. The van der Waals surface area contributed by atoms with Crippen molar-refractivity contribution in [2.75, 3.05) is 0 Å². The predicted molar refractivity (Wildman–Crippen MR) is 132 cm³/mol. The molecule has 8 heteroatoms. The fourth-order valence-corrected chi connectivity index (χ4v) is 5.20. The number of nitrogens with one attached hydrogen (secondary N) is 2. The molecule has 0 atom stereocenters. The minimum Gasteiger partial charge on any atom is -0.472 e. The molecular weight excluding hydrogens is 448 g/mol. The molecule has 1 saturated carbocycles. The van der Waals surface area contributed by atoms with Crippen LogP contribution in [0.25, 0.3) is 17.2 Å². The Kier molecular flexibility index (Phi) is 6.87. The fourth-order valence-electron chi connectivity index (χ4n) is 4.53. The van der Waals surface area contributed by atoms with E-state index in [1.165, 1.54) is 11.1 Å². The van der Waals surface area contributed by atoms with E-state index in [-0.39, 0.29) is 11.1 Å². The monoisotopic (exact) mass is 474 g/mol. The number of benzene rings is 1. The van der Waals surface area contributed by atoms with Crippen LogP contribution < -0.4 is 10.6 Å². The van der Waals surface area contributed by atoms with E-state index in [4.69, 9.17) is 4.42 Å². The molecule has 1 aliphatic carbocycles. The second-order valence-corrected chi connectivity index (χ2v) is 9.78. The third-order valence-corrected chi connectivity index (χ3v) is 7.15. The number of imide groups is 1. The number of nitrogens with zero attached hydrogens (tertiary/aromatic N) is 2. The molecule has 2 aliphatic rings. The van der Waals surface area contributed by atoms with Crippen molar-refractivity contribution >= 4 is 29.0 Å². The van der Waals surface area contributed by atoms with Gasteiger partial charge >= 0.3 is 0 Å². The van der Waals surface area contributed by atoms with Gasteiger partial charge in [0, 0.05) is 30.8 Å². The zero-order valence-corrected chi connectivity index (χ0v) is 19.5. The zero-order valence-electron chi connectivity index (χ0n) is 18.7. The number of thioether (sulfide) groups is 1. The number of amides is 2. The Hall–Kier alpha value is -3.23. The van der Waals surface area contributed by atoms with Crippen LogP contribution in [0.15, 0.2) is 64.4 Å². The lowest BCUT2D eigenvalue weighted by atomic mass is 9.84. The zero-order chi connectivity index (χ0) is 23.3. The number of carbonyl (C=O) groups is 2. The van der Waals surface area contributed by atoms with Crippen molar-refractivity contribution in [3.63, 3.8) is 0 Å². The van der Waals surface area contributed by atoms with Crippen molar-refractivity contribution in [2.24, 2.45) is 5.92 Å². The molecule has 0 bridgehead atoms. The summed E-state index contributed by atoms with van der Waals surface area (Å²) >= 11 is 0.903. The second-order valence-electron chi connectivity index (χ2n) is 8.77. The van der Waals surface area contributed by atoms with Crippen LogP contribution in [-0.4, -0.2) is 27.2 Å². The topological polar surface area (TPSA) is 97.1 Å². The smallest absolute Gasteiger partial charge is 0.290 e. The third-order valence-electron chi connectivity index (χ3n) is 6.34. The van der Waals surface area contributed by atoms with Gasteiger partial charge < -0.3 is 9.73 Å². The van der Waals surface area contributed by atoms with E-state index < -0.39 is 0 Å². The predicted octanol–water partition coefficient (Wildman–Crippen LogP) is 4.95. The van der Waals surface area contributed by atoms with E-state index >= 15 is 0 Å². The van der Waals surface area contributed by atoms with Gasteiger partial charge in [-0.2, -0.15) is 0 Å². The number of furan rings is 1. The highest BCUT2D eigenvalue weighted by molar-refractivity contribution is 8.18. The minimum atomic E-state index is -0.366. The maximum atomic E-state index is 11.8. The lowest BCUT2D eigenvalue weighted by Gasteiger charge is -2.29. The summed E-state index contributed by atoms with van der Waals surface area (Å²) in [5.74, 6) is 0.974. The molecule has 1 aliphatic heterocycles. The van der Waals surface area contributed by atoms with E-state index in [9.17, 15) is 9.59 Å². The molecule has 2 N–H and O–H groups in total. The van der Waals surface area contributed by atoms with Crippen molar-refractivity contribution in [1.82, 2.24) is 20.6 Å². The Morgan fingerprint density at radius 1 is 1.12 bits per heavy atom. The average Bonchev–Trinajstić information content (AvgIpc) is 3.49. The normalized spacial score (nSPS) is 21.7. The van der Waals surface area contributed by atoms with E-state index in [2.05, 4.69) is 44.9 Å². The highest BCUT2D eigenvalue weighted by Crippen LogP contribution is 2.28. The van der Waals surface area contributed by atoms with Crippen LogP contribution >= 0.6 is 11.8 Å². The van der Waals surface area contributed by atoms with Crippen molar-refractivity contribution in [3.8, 4) is 11.1 Å². The van der Waals surface area contributed by atoms with Gasteiger partial charge in [0.05, 0.1) is 23.1 Å². The van der Waals surface area contributed by atoms with Crippen LogP contribution in [0.4, 0.5) is 4.79 Å². The molecule has 3 aromatic rings. The standard InChI is InChI=1S/C26H26N4O3S/c31-25-23(34-26(32)30-25)14-22-8-10-27-24(29-22)13-17-4-6-21(7-5-17)28-15-18-2-1-3-19(12-18)20-9-11-33-16-20/h1-3,8-12,14,16-17,21,28H,4-7,13,15H2,(H,30,31,32)/b23-14-. The van der Waals surface area contributed by atoms with Crippen molar-refractivity contribution in [2.45, 2.75) is 44.7 Å². The Labute approximate surface area is 202 Å². The van der Waals surface area contributed by atoms with Crippen LogP contribution in [-0.2, 0) is 17.8 Å². The van der Waals surface area contributed by atoms with E-state index in [1.54, 1.807) is 30.9 Å². The Balaban J connectivity index is 1.11. The summed E-state index contributed by atoms with van der Waals surface area (Å²) in [7, 11) is 0. The highest BCUT2D eigenvalue weighted by atomic mass is 32.2. The molecule has 0 radical (unpaired) electrons. The summed E-state index contributed by atoms with van der Waals surface area (Å²) in [6, 6.07) is 12.8. The minimum absolute atomic E-state index is 0.346. The molecule has 174 valence electrons. The third kappa shape index (κ3) is 5.63. The first-order chi connectivity index (χ1) is 16.6. The summed E-state index contributed by atoms with van der Waals surface area (Å²) in [5.41, 5.74) is 4.21. The van der Waals surface area contributed by atoms with E-state index in [0.717, 1.165) is 61.8 Å². The van der Waals surface area contributed by atoms with E-state index in [0.29, 0.717) is 22.6 Å². The quantitative estimate of drug-likeness (QED) is 0.468. The molecule has 5 rings (SSSR count). The number of hydrogen-bond acceptors (Lipinski definition) is 7. The SMILES string of the molecule is O=C1NC(=O)/C(=C/c2ccnc(CC3CCC(NCc4cccc(-c5ccoc5)c4)CC3)n2)S1. The molecular formula is C26H26N4O3S. The summed E-state index contributed by atoms with van der Waals surface area (Å²) in [4.78, 5) is 32.5.